The zero-order valence-electron chi connectivity index (χ0n) is 10.2. The van der Waals surface area contributed by atoms with E-state index in [0.717, 1.165) is 13.0 Å². The molecule has 96 valence electrons. The highest BCUT2D eigenvalue weighted by Crippen LogP contribution is 2.02. The van der Waals surface area contributed by atoms with Crippen LogP contribution in [-0.4, -0.2) is 37.2 Å². The Morgan fingerprint density at radius 2 is 2.28 bits per heavy atom. The number of rotatable bonds is 6. The topological polar surface area (TPSA) is 77.6 Å². The van der Waals surface area contributed by atoms with E-state index in [-0.39, 0.29) is 11.9 Å². The standard InChI is InChI=1S/C11H16N6O/c1-10(17-8-3-5-14-17)11(18)12-4-2-7-16-9-6-13-15-16/h3,5-6,8-10H,2,4,7H2,1H3,(H,12,18)/t10-/m0/s1. The summed E-state index contributed by atoms with van der Waals surface area (Å²) >= 11 is 0. The van der Waals surface area contributed by atoms with Gasteiger partial charge in [0, 0.05) is 31.7 Å². The van der Waals surface area contributed by atoms with E-state index in [1.54, 1.807) is 40.2 Å². The van der Waals surface area contributed by atoms with Gasteiger partial charge in [0.25, 0.3) is 0 Å². The minimum atomic E-state index is -0.286. The van der Waals surface area contributed by atoms with Gasteiger partial charge in [-0.1, -0.05) is 5.21 Å². The quantitative estimate of drug-likeness (QED) is 0.743. The van der Waals surface area contributed by atoms with Crippen molar-refractivity contribution < 1.29 is 4.79 Å². The van der Waals surface area contributed by atoms with Gasteiger partial charge in [0.1, 0.15) is 6.04 Å². The summed E-state index contributed by atoms with van der Waals surface area (Å²) < 4.78 is 3.37. The van der Waals surface area contributed by atoms with Crippen molar-refractivity contribution in [3.63, 3.8) is 0 Å². The van der Waals surface area contributed by atoms with Crippen molar-refractivity contribution in [3.8, 4) is 0 Å². The fourth-order valence-corrected chi connectivity index (χ4v) is 1.58. The second-order valence-corrected chi connectivity index (χ2v) is 3.97. The van der Waals surface area contributed by atoms with Gasteiger partial charge in [0.15, 0.2) is 0 Å². The smallest absolute Gasteiger partial charge is 0.244 e. The van der Waals surface area contributed by atoms with Gasteiger partial charge >= 0.3 is 0 Å². The van der Waals surface area contributed by atoms with Crippen molar-refractivity contribution in [2.24, 2.45) is 0 Å². The molecule has 7 nitrogen and oxygen atoms in total. The Kier molecular flexibility index (Phi) is 4.06. The first-order valence-electron chi connectivity index (χ1n) is 5.88. The molecule has 0 spiro atoms. The number of amides is 1. The number of nitrogens with zero attached hydrogens (tertiary/aromatic N) is 5. The minimum Gasteiger partial charge on any atom is -0.354 e. The van der Waals surface area contributed by atoms with E-state index in [9.17, 15) is 4.79 Å². The van der Waals surface area contributed by atoms with E-state index in [2.05, 4.69) is 20.7 Å². The van der Waals surface area contributed by atoms with Crippen LogP contribution in [0.5, 0.6) is 0 Å². The van der Waals surface area contributed by atoms with E-state index in [0.29, 0.717) is 6.54 Å². The van der Waals surface area contributed by atoms with Crippen LogP contribution in [0.2, 0.25) is 0 Å². The molecule has 1 amide bonds. The summed E-state index contributed by atoms with van der Waals surface area (Å²) in [7, 11) is 0. The van der Waals surface area contributed by atoms with Crippen molar-refractivity contribution >= 4 is 5.91 Å². The summed E-state index contributed by atoms with van der Waals surface area (Å²) in [6, 6.07) is 1.51. The van der Waals surface area contributed by atoms with Gasteiger partial charge in [-0.15, -0.1) is 5.10 Å². The van der Waals surface area contributed by atoms with Crippen LogP contribution >= 0.6 is 0 Å². The molecular formula is C11H16N6O. The van der Waals surface area contributed by atoms with Crippen molar-refractivity contribution in [2.75, 3.05) is 6.54 Å². The number of hydrogen-bond donors (Lipinski definition) is 1. The van der Waals surface area contributed by atoms with E-state index in [4.69, 9.17) is 0 Å². The molecule has 2 heterocycles. The highest BCUT2D eigenvalue weighted by atomic mass is 16.2. The van der Waals surface area contributed by atoms with Crippen molar-refractivity contribution in [3.05, 3.63) is 30.9 Å². The molecule has 0 fully saturated rings. The zero-order chi connectivity index (χ0) is 12.8. The monoisotopic (exact) mass is 248 g/mol. The molecule has 0 saturated heterocycles. The molecule has 1 atom stereocenters. The fraction of sp³-hybridized carbons (Fsp3) is 0.455. The molecule has 2 aromatic rings. The number of hydrogen-bond acceptors (Lipinski definition) is 4. The van der Waals surface area contributed by atoms with E-state index in [1.807, 2.05) is 6.92 Å². The predicted molar refractivity (Wildman–Crippen MR) is 64.6 cm³/mol. The summed E-state index contributed by atoms with van der Waals surface area (Å²) in [5, 5.41) is 14.5. The third-order valence-corrected chi connectivity index (χ3v) is 2.64. The third-order valence-electron chi connectivity index (χ3n) is 2.64. The van der Waals surface area contributed by atoms with Crippen LogP contribution in [0.25, 0.3) is 0 Å². The predicted octanol–water partition coefficient (Wildman–Crippen LogP) is 0.242. The van der Waals surface area contributed by atoms with Crippen LogP contribution in [0.3, 0.4) is 0 Å². The Bertz CT molecular complexity index is 464. The second kappa shape index (κ2) is 5.95. The Balaban J connectivity index is 1.69. The molecule has 0 saturated carbocycles. The Morgan fingerprint density at radius 3 is 2.94 bits per heavy atom. The van der Waals surface area contributed by atoms with Gasteiger partial charge in [-0.05, 0) is 19.4 Å². The van der Waals surface area contributed by atoms with Crippen LogP contribution in [0.4, 0.5) is 0 Å². The van der Waals surface area contributed by atoms with Crippen LogP contribution in [0, 0.1) is 0 Å². The van der Waals surface area contributed by atoms with Crippen LogP contribution in [0.1, 0.15) is 19.4 Å². The van der Waals surface area contributed by atoms with Crippen LogP contribution < -0.4 is 5.32 Å². The van der Waals surface area contributed by atoms with Crippen molar-refractivity contribution in [1.29, 1.82) is 0 Å². The first-order chi connectivity index (χ1) is 8.77. The molecule has 7 heteroatoms. The summed E-state index contributed by atoms with van der Waals surface area (Å²) in [4.78, 5) is 11.8. The van der Waals surface area contributed by atoms with E-state index < -0.39 is 0 Å². The average Bonchev–Trinajstić information content (AvgIpc) is 3.05. The number of aromatic nitrogens is 5. The maximum Gasteiger partial charge on any atom is 0.244 e. The lowest BCUT2D eigenvalue weighted by atomic mass is 10.3. The van der Waals surface area contributed by atoms with Gasteiger partial charge in [-0.25, -0.2) is 0 Å². The average molecular weight is 248 g/mol. The van der Waals surface area contributed by atoms with Gasteiger partial charge < -0.3 is 5.32 Å². The van der Waals surface area contributed by atoms with E-state index >= 15 is 0 Å². The number of carbonyl (C=O) groups is 1. The molecule has 0 unspecified atom stereocenters. The summed E-state index contributed by atoms with van der Waals surface area (Å²) in [6.45, 7) is 3.18. The van der Waals surface area contributed by atoms with Gasteiger partial charge in [0.2, 0.25) is 5.91 Å². The maximum absolute atomic E-state index is 11.8. The number of aryl methyl sites for hydroxylation is 1. The SMILES string of the molecule is C[C@@H](C(=O)NCCCn1ccnn1)n1cccn1. The number of nitrogens with one attached hydrogen (secondary N) is 1. The molecule has 0 aliphatic carbocycles. The molecule has 0 aliphatic rings. The highest BCUT2D eigenvalue weighted by molar-refractivity contribution is 5.79. The molecule has 1 N–H and O–H groups in total. The Morgan fingerprint density at radius 1 is 1.39 bits per heavy atom. The lowest BCUT2D eigenvalue weighted by molar-refractivity contribution is -0.124. The largest absolute Gasteiger partial charge is 0.354 e. The molecule has 2 aromatic heterocycles. The fourth-order valence-electron chi connectivity index (χ4n) is 1.58. The summed E-state index contributed by atoms with van der Waals surface area (Å²) in [5.41, 5.74) is 0. The van der Waals surface area contributed by atoms with E-state index in [1.165, 1.54) is 0 Å². The Labute approximate surface area is 105 Å². The first kappa shape index (κ1) is 12.3. The Hall–Kier alpha value is -2.18. The summed E-state index contributed by atoms with van der Waals surface area (Å²) in [5.74, 6) is -0.0303. The molecular weight excluding hydrogens is 232 g/mol. The summed E-state index contributed by atoms with van der Waals surface area (Å²) in [6.07, 6.45) is 7.70. The molecule has 2 rings (SSSR count). The van der Waals surface area contributed by atoms with Gasteiger partial charge in [-0.2, -0.15) is 5.10 Å². The van der Waals surface area contributed by atoms with Crippen molar-refractivity contribution in [1.82, 2.24) is 30.1 Å². The van der Waals surface area contributed by atoms with Gasteiger partial charge in [-0.3, -0.25) is 14.2 Å². The van der Waals surface area contributed by atoms with Crippen LogP contribution in [-0.2, 0) is 11.3 Å². The normalized spacial score (nSPS) is 12.3. The lowest BCUT2D eigenvalue weighted by Gasteiger charge is -2.12. The van der Waals surface area contributed by atoms with Gasteiger partial charge in [0.05, 0.1) is 6.20 Å². The molecule has 0 radical (unpaired) electrons. The minimum absolute atomic E-state index is 0.0303. The molecule has 0 aromatic carbocycles. The van der Waals surface area contributed by atoms with Crippen molar-refractivity contribution in [2.45, 2.75) is 25.9 Å². The maximum atomic E-state index is 11.8. The highest BCUT2D eigenvalue weighted by Gasteiger charge is 2.13. The first-order valence-corrected chi connectivity index (χ1v) is 5.88. The zero-order valence-corrected chi connectivity index (χ0v) is 10.2. The van der Waals surface area contributed by atoms with Crippen LogP contribution in [0.15, 0.2) is 30.9 Å². The lowest BCUT2D eigenvalue weighted by Crippen LogP contribution is -2.32. The third kappa shape index (κ3) is 3.16. The molecule has 0 aliphatic heterocycles. The molecule has 18 heavy (non-hydrogen) atoms. The number of carbonyl (C=O) groups excluding carboxylic acids is 1. The molecule has 0 bridgehead atoms. The second-order valence-electron chi connectivity index (χ2n) is 3.97.